The first-order chi connectivity index (χ1) is 11.2. The van der Waals surface area contributed by atoms with Gasteiger partial charge in [-0.05, 0) is 0 Å². The second-order valence-electron chi connectivity index (χ2n) is 4.77. The Morgan fingerprint density at radius 3 is 2.26 bits per heavy atom. The van der Waals surface area contributed by atoms with E-state index >= 15 is 0 Å². The van der Waals surface area contributed by atoms with Crippen LogP contribution in [-0.4, -0.2) is 84.0 Å². The molecule has 0 atom stereocenters. The Hall–Kier alpha value is -1.68. The van der Waals surface area contributed by atoms with Crippen LogP contribution in [0.15, 0.2) is 6.20 Å². The van der Waals surface area contributed by atoms with Gasteiger partial charge in [-0.15, -0.1) is 0 Å². The lowest BCUT2D eigenvalue weighted by Gasteiger charge is -2.21. The SMILES string of the molecule is O=C(O)CCc1c[nH]c(N(CCOCCO)CCOCCO)n1. The number of hydrogen-bond acceptors (Lipinski definition) is 7. The van der Waals surface area contributed by atoms with E-state index in [9.17, 15) is 4.79 Å². The molecule has 1 aromatic heterocycles. The predicted octanol–water partition coefficient (Wildman–Crippen LogP) is -0.749. The highest BCUT2D eigenvalue weighted by molar-refractivity contribution is 5.66. The fourth-order valence-corrected chi connectivity index (χ4v) is 1.88. The molecule has 1 rings (SSSR count). The maximum absolute atomic E-state index is 10.6. The first-order valence-corrected chi connectivity index (χ1v) is 7.55. The zero-order valence-corrected chi connectivity index (χ0v) is 13.1. The van der Waals surface area contributed by atoms with Crippen LogP contribution >= 0.6 is 0 Å². The summed E-state index contributed by atoms with van der Waals surface area (Å²) in [5.41, 5.74) is 0.681. The van der Waals surface area contributed by atoms with E-state index in [4.69, 9.17) is 24.8 Å². The lowest BCUT2D eigenvalue weighted by molar-refractivity contribution is -0.136. The highest BCUT2D eigenvalue weighted by atomic mass is 16.5. The molecule has 0 radical (unpaired) electrons. The second-order valence-corrected chi connectivity index (χ2v) is 4.77. The van der Waals surface area contributed by atoms with Gasteiger partial charge in [0.15, 0.2) is 0 Å². The van der Waals surface area contributed by atoms with Crippen LogP contribution in [0.3, 0.4) is 0 Å². The molecule has 0 amide bonds. The van der Waals surface area contributed by atoms with E-state index in [1.165, 1.54) is 0 Å². The van der Waals surface area contributed by atoms with E-state index in [0.29, 0.717) is 44.4 Å². The van der Waals surface area contributed by atoms with E-state index in [-0.39, 0.29) is 32.8 Å². The van der Waals surface area contributed by atoms with Crippen molar-refractivity contribution in [2.24, 2.45) is 0 Å². The average molecular weight is 331 g/mol. The van der Waals surface area contributed by atoms with Gasteiger partial charge in [0.25, 0.3) is 0 Å². The molecule has 9 heteroatoms. The summed E-state index contributed by atoms with van der Waals surface area (Å²) in [5, 5.41) is 26.1. The van der Waals surface area contributed by atoms with Crippen molar-refractivity contribution in [1.82, 2.24) is 9.97 Å². The van der Waals surface area contributed by atoms with Crippen LogP contribution in [0.1, 0.15) is 12.1 Å². The number of carboxylic acid groups (broad SMARTS) is 1. The third-order valence-corrected chi connectivity index (χ3v) is 2.99. The number of aromatic nitrogens is 2. The molecular formula is C14H25N3O6. The molecule has 132 valence electrons. The Balaban J connectivity index is 2.52. The third kappa shape index (κ3) is 8.50. The number of aliphatic hydroxyl groups is 2. The zero-order valence-electron chi connectivity index (χ0n) is 13.1. The number of aliphatic hydroxyl groups excluding tert-OH is 2. The number of carboxylic acids is 1. The van der Waals surface area contributed by atoms with Crippen LogP contribution in [0.2, 0.25) is 0 Å². The van der Waals surface area contributed by atoms with Crippen molar-refractivity contribution in [3.63, 3.8) is 0 Å². The summed E-state index contributed by atoms with van der Waals surface area (Å²) in [6.07, 6.45) is 2.08. The van der Waals surface area contributed by atoms with Crippen molar-refractivity contribution in [2.45, 2.75) is 12.8 Å². The van der Waals surface area contributed by atoms with Gasteiger partial charge in [-0.1, -0.05) is 0 Å². The number of nitrogens with one attached hydrogen (secondary N) is 1. The van der Waals surface area contributed by atoms with E-state index in [1.807, 2.05) is 4.90 Å². The van der Waals surface area contributed by atoms with Crippen molar-refractivity contribution < 1.29 is 29.6 Å². The lowest BCUT2D eigenvalue weighted by Crippen LogP contribution is -2.32. The summed E-state index contributed by atoms with van der Waals surface area (Å²) in [7, 11) is 0. The van der Waals surface area contributed by atoms with Gasteiger partial charge < -0.3 is 34.7 Å². The number of nitrogens with zero attached hydrogens (tertiary/aromatic N) is 2. The molecule has 0 saturated heterocycles. The molecule has 0 aliphatic carbocycles. The smallest absolute Gasteiger partial charge is 0.303 e. The Labute approximate surface area is 134 Å². The number of carbonyl (C=O) groups is 1. The maximum Gasteiger partial charge on any atom is 0.303 e. The molecule has 0 aromatic carbocycles. The van der Waals surface area contributed by atoms with E-state index in [2.05, 4.69) is 9.97 Å². The summed E-state index contributed by atoms with van der Waals surface area (Å²) in [5.74, 6) is -0.244. The van der Waals surface area contributed by atoms with Gasteiger partial charge in [-0.3, -0.25) is 4.79 Å². The highest BCUT2D eigenvalue weighted by Crippen LogP contribution is 2.10. The van der Waals surface area contributed by atoms with Gasteiger partial charge in [0.05, 0.1) is 51.8 Å². The molecule has 23 heavy (non-hydrogen) atoms. The zero-order chi connectivity index (χ0) is 16.9. The van der Waals surface area contributed by atoms with Gasteiger partial charge in [-0.25, -0.2) is 4.98 Å². The minimum Gasteiger partial charge on any atom is -0.481 e. The lowest BCUT2D eigenvalue weighted by atomic mass is 10.2. The van der Waals surface area contributed by atoms with Crippen LogP contribution in [-0.2, 0) is 20.7 Å². The van der Waals surface area contributed by atoms with Crippen molar-refractivity contribution in [2.75, 3.05) is 57.6 Å². The molecule has 0 fully saturated rings. The van der Waals surface area contributed by atoms with Crippen LogP contribution in [0.5, 0.6) is 0 Å². The number of anilines is 1. The topological polar surface area (TPSA) is 128 Å². The second kappa shape index (κ2) is 11.8. The van der Waals surface area contributed by atoms with E-state index in [1.54, 1.807) is 6.20 Å². The minimum atomic E-state index is -0.860. The number of imidazole rings is 1. The predicted molar refractivity (Wildman–Crippen MR) is 82.6 cm³/mol. The fraction of sp³-hybridized carbons (Fsp3) is 0.714. The molecule has 1 aromatic rings. The molecule has 0 aliphatic rings. The fourth-order valence-electron chi connectivity index (χ4n) is 1.88. The summed E-state index contributed by atoms with van der Waals surface area (Å²) in [6.45, 7) is 2.44. The Morgan fingerprint density at radius 2 is 1.74 bits per heavy atom. The Kier molecular flexibility index (Phi) is 9.96. The number of rotatable bonds is 14. The average Bonchev–Trinajstić information content (AvgIpc) is 3.00. The van der Waals surface area contributed by atoms with Crippen LogP contribution in [0.4, 0.5) is 5.95 Å². The van der Waals surface area contributed by atoms with E-state index in [0.717, 1.165) is 0 Å². The summed E-state index contributed by atoms with van der Waals surface area (Å²) < 4.78 is 10.5. The number of hydrogen-bond donors (Lipinski definition) is 4. The monoisotopic (exact) mass is 331 g/mol. The third-order valence-electron chi connectivity index (χ3n) is 2.99. The highest BCUT2D eigenvalue weighted by Gasteiger charge is 2.11. The van der Waals surface area contributed by atoms with Crippen LogP contribution in [0, 0.1) is 0 Å². The molecule has 0 unspecified atom stereocenters. The van der Waals surface area contributed by atoms with Gasteiger partial charge >= 0.3 is 5.97 Å². The number of ether oxygens (including phenoxy) is 2. The normalized spacial score (nSPS) is 10.9. The van der Waals surface area contributed by atoms with Gasteiger partial charge in [0.2, 0.25) is 5.95 Å². The molecular weight excluding hydrogens is 306 g/mol. The number of aryl methyl sites for hydroxylation is 1. The molecule has 9 nitrogen and oxygen atoms in total. The maximum atomic E-state index is 10.6. The standard InChI is InChI=1S/C14H25N3O6/c18-5-9-22-7-3-17(4-8-23-10-6-19)14-15-11-12(16-14)1-2-13(20)21/h11,18-19H,1-10H2,(H,15,16)(H,20,21). The molecule has 0 aliphatic heterocycles. The van der Waals surface area contributed by atoms with Gasteiger partial charge in [-0.2, -0.15) is 0 Å². The van der Waals surface area contributed by atoms with Crippen LogP contribution in [0.25, 0.3) is 0 Å². The molecule has 1 heterocycles. The Morgan fingerprint density at radius 1 is 1.13 bits per heavy atom. The quantitative estimate of drug-likeness (QED) is 0.328. The summed E-state index contributed by atoms with van der Waals surface area (Å²) in [4.78, 5) is 19.9. The first-order valence-electron chi connectivity index (χ1n) is 7.55. The number of H-pyrrole nitrogens is 1. The first kappa shape index (κ1) is 19.4. The number of aliphatic carboxylic acids is 1. The largest absolute Gasteiger partial charge is 0.481 e. The van der Waals surface area contributed by atoms with Crippen molar-refractivity contribution in [1.29, 1.82) is 0 Å². The summed E-state index contributed by atoms with van der Waals surface area (Å²) in [6, 6.07) is 0. The Bertz CT molecular complexity index is 428. The number of aromatic amines is 1. The molecule has 0 bridgehead atoms. The van der Waals surface area contributed by atoms with Crippen molar-refractivity contribution in [3.05, 3.63) is 11.9 Å². The molecule has 0 saturated carbocycles. The van der Waals surface area contributed by atoms with Crippen LogP contribution < -0.4 is 4.90 Å². The van der Waals surface area contributed by atoms with E-state index < -0.39 is 5.97 Å². The van der Waals surface area contributed by atoms with Crippen molar-refractivity contribution in [3.8, 4) is 0 Å². The van der Waals surface area contributed by atoms with Gasteiger partial charge in [0, 0.05) is 25.7 Å². The minimum absolute atomic E-state index is 0.0281. The molecule has 4 N–H and O–H groups in total. The van der Waals surface area contributed by atoms with Gasteiger partial charge in [0.1, 0.15) is 0 Å². The summed E-state index contributed by atoms with van der Waals surface area (Å²) >= 11 is 0. The van der Waals surface area contributed by atoms with Crippen molar-refractivity contribution >= 4 is 11.9 Å². The molecule has 0 spiro atoms.